The van der Waals surface area contributed by atoms with Gasteiger partial charge in [-0.15, -0.1) is 0 Å². The molecule has 4 nitrogen and oxygen atoms in total. The van der Waals surface area contributed by atoms with Crippen LogP contribution >= 0.6 is 0 Å². The number of fused-ring (bicyclic) bond motifs is 1. The van der Waals surface area contributed by atoms with Crippen molar-refractivity contribution in [3.8, 4) is 11.3 Å². The minimum Gasteiger partial charge on any atom is -0.370 e. The van der Waals surface area contributed by atoms with Gasteiger partial charge in [0.1, 0.15) is 12.1 Å². The van der Waals surface area contributed by atoms with Crippen LogP contribution in [-0.2, 0) is 0 Å². The van der Waals surface area contributed by atoms with Gasteiger partial charge >= 0.3 is 0 Å². The van der Waals surface area contributed by atoms with Crippen molar-refractivity contribution in [2.24, 2.45) is 0 Å². The fraction of sp³-hybridized carbons (Fsp3) is 0.235. The summed E-state index contributed by atoms with van der Waals surface area (Å²) >= 11 is 0. The van der Waals surface area contributed by atoms with E-state index >= 15 is 0 Å². The monoisotopic (exact) mass is 278 g/mol. The van der Waals surface area contributed by atoms with E-state index in [2.05, 4.69) is 52.3 Å². The molecule has 0 saturated heterocycles. The number of benzene rings is 1. The first-order valence-electron chi connectivity index (χ1n) is 7.20. The second-order valence-corrected chi connectivity index (χ2v) is 5.03. The summed E-state index contributed by atoms with van der Waals surface area (Å²) in [7, 11) is 0. The van der Waals surface area contributed by atoms with Crippen LogP contribution in [0.15, 0.2) is 42.9 Å². The highest BCUT2D eigenvalue weighted by Gasteiger charge is 2.09. The fourth-order valence-electron chi connectivity index (χ4n) is 2.39. The summed E-state index contributed by atoms with van der Waals surface area (Å²) in [4.78, 5) is 13.1. The van der Waals surface area contributed by atoms with Crippen LogP contribution in [0.2, 0.25) is 0 Å². The van der Waals surface area contributed by atoms with E-state index in [1.807, 2.05) is 18.3 Å². The van der Waals surface area contributed by atoms with E-state index in [0.29, 0.717) is 0 Å². The van der Waals surface area contributed by atoms with Gasteiger partial charge < -0.3 is 5.32 Å². The van der Waals surface area contributed by atoms with Crippen LogP contribution in [0.25, 0.3) is 22.2 Å². The van der Waals surface area contributed by atoms with Crippen LogP contribution < -0.4 is 5.32 Å². The van der Waals surface area contributed by atoms with Crippen molar-refractivity contribution in [2.45, 2.75) is 20.3 Å². The maximum absolute atomic E-state index is 4.45. The lowest BCUT2D eigenvalue weighted by atomic mass is 10.0. The second kappa shape index (κ2) is 5.87. The van der Waals surface area contributed by atoms with Gasteiger partial charge in [-0.1, -0.05) is 19.1 Å². The van der Waals surface area contributed by atoms with Crippen molar-refractivity contribution >= 4 is 16.7 Å². The van der Waals surface area contributed by atoms with Gasteiger partial charge in [-0.05, 0) is 31.5 Å². The Bertz CT molecular complexity index is 768. The zero-order chi connectivity index (χ0) is 14.7. The Kier molecular flexibility index (Phi) is 3.77. The first kappa shape index (κ1) is 13.5. The molecule has 0 aliphatic carbocycles. The number of rotatable bonds is 4. The third-order valence-electron chi connectivity index (χ3n) is 3.50. The van der Waals surface area contributed by atoms with Gasteiger partial charge in [0.25, 0.3) is 0 Å². The summed E-state index contributed by atoms with van der Waals surface area (Å²) < 4.78 is 0. The normalized spacial score (nSPS) is 10.8. The summed E-state index contributed by atoms with van der Waals surface area (Å²) in [5, 5.41) is 4.47. The number of nitrogens with zero attached hydrogens (tertiary/aromatic N) is 3. The highest BCUT2D eigenvalue weighted by atomic mass is 15.0. The molecule has 106 valence electrons. The lowest BCUT2D eigenvalue weighted by Crippen LogP contribution is -2.05. The fourth-order valence-corrected chi connectivity index (χ4v) is 2.39. The lowest BCUT2D eigenvalue weighted by Gasteiger charge is -2.11. The van der Waals surface area contributed by atoms with Gasteiger partial charge in [-0.2, -0.15) is 0 Å². The largest absolute Gasteiger partial charge is 0.370 e. The summed E-state index contributed by atoms with van der Waals surface area (Å²) in [6.45, 7) is 5.11. The molecule has 21 heavy (non-hydrogen) atoms. The Morgan fingerprint density at radius 2 is 2.00 bits per heavy atom. The number of nitrogens with one attached hydrogen (secondary N) is 1. The lowest BCUT2D eigenvalue weighted by molar-refractivity contribution is 0.960. The molecule has 0 bridgehead atoms. The molecule has 0 amide bonds. The summed E-state index contributed by atoms with van der Waals surface area (Å²) in [5.74, 6) is 0.910. The maximum Gasteiger partial charge on any atom is 0.132 e. The average molecular weight is 278 g/mol. The minimum absolute atomic E-state index is 0.910. The van der Waals surface area contributed by atoms with E-state index in [4.69, 9.17) is 0 Å². The van der Waals surface area contributed by atoms with Crippen LogP contribution in [0.5, 0.6) is 0 Å². The molecule has 0 radical (unpaired) electrons. The van der Waals surface area contributed by atoms with Gasteiger partial charge in [-0.25, -0.2) is 9.97 Å². The average Bonchev–Trinajstić information content (AvgIpc) is 2.53. The van der Waals surface area contributed by atoms with Crippen LogP contribution in [0.1, 0.15) is 18.9 Å². The molecule has 1 aromatic carbocycles. The Hall–Kier alpha value is -2.49. The van der Waals surface area contributed by atoms with Crippen molar-refractivity contribution < 1.29 is 0 Å². The van der Waals surface area contributed by atoms with E-state index in [0.717, 1.165) is 46.5 Å². The Morgan fingerprint density at radius 1 is 1.10 bits per heavy atom. The predicted molar refractivity (Wildman–Crippen MR) is 86.3 cm³/mol. The van der Waals surface area contributed by atoms with Crippen LogP contribution in [0.3, 0.4) is 0 Å². The minimum atomic E-state index is 0.910. The summed E-state index contributed by atoms with van der Waals surface area (Å²) in [6, 6.07) is 10.2. The number of anilines is 1. The molecule has 1 N–H and O–H groups in total. The Labute approximate surface area is 124 Å². The van der Waals surface area contributed by atoms with E-state index in [-0.39, 0.29) is 0 Å². The molecule has 0 aliphatic rings. The first-order chi connectivity index (χ1) is 10.3. The third-order valence-corrected chi connectivity index (χ3v) is 3.50. The zero-order valence-corrected chi connectivity index (χ0v) is 12.3. The maximum atomic E-state index is 4.45. The molecule has 3 rings (SSSR count). The second-order valence-electron chi connectivity index (χ2n) is 5.03. The third kappa shape index (κ3) is 2.70. The molecule has 0 spiro atoms. The predicted octanol–water partition coefficient (Wildman–Crippen LogP) is 3.82. The molecule has 2 aromatic heterocycles. The molecule has 2 heterocycles. The first-order valence-corrected chi connectivity index (χ1v) is 7.20. The zero-order valence-electron chi connectivity index (χ0n) is 12.3. The number of aromatic nitrogens is 3. The van der Waals surface area contributed by atoms with E-state index in [1.165, 1.54) is 0 Å². The van der Waals surface area contributed by atoms with Crippen molar-refractivity contribution in [3.63, 3.8) is 0 Å². The smallest absolute Gasteiger partial charge is 0.132 e. The van der Waals surface area contributed by atoms with Gasteiger partial charge in [0.2, 0.25) is 0 Å². The topological polar surface area (TPSA) is 50.7 Å². The Balaban J connectivity index is 2.05. The molecule has 0 unspecified atom stereocenters. The van der Waals surface area contributed by atoms with E-state index in [1.54, 1.807) is 6.33 Å². The molecule has 0 atom stereocenters. The summed E-state index contributed by atoms with van der Waals surface area (Å²) in [6.07, 6.45) is 4.50. The van der Waals surface area contributed by atoms with Gasteiger partial charge in [0.15, 0.2) is 0 Å². The van der Waals surface area contributed by atoms with Gasteiger partial charge in [0.05, 0.1) is 11.2 Å². The molecular formula is C17H18N4. The SMILES string of the molecule is CCCNc1ncnc(-c2ccc3ncccc3c2)c1C. The molecule has 3 aromatic rings. The summed E-state index contributed by atoms with van der Waals surface area (Å²) in [5.41, 5.74) is 4.13. The Morgan fingerprint density at radius 3 is 2.86 bits per heavy atom. The van der Waals surface area contributed by atoms with Crippen molar-refractivity contribution in [2.75, 3.05) is 11.9 Å². The van der Waals surface area contributed by atoms with Crippen molar-refractivity contribution in [3.05, 3.63) is 48.4 Å². The number of hydrogen-bond donors (Lipinski definition) is 1. The molecular weight excluding hydrogens is 260 g/mol. The standard InChI is InChI=1S/C17H18N4/c1-3-8-19-17-12(2)16(20-11-21-17)14-6-7-15-13(10-14)5-4-9-18-15/h4-7,9-11H,3,8H2,1-2H3,(H,19,20,21). The van der Waals surface area contributed by atoms with Crippen LogP contribution in [-0.4, -0.2) is 21.5 Å². The highest BCUT2D eigenvalue weighted by Crippen LogP contribution is 2.27. The molecule has 0 aliphatic heterocycles. The van der Waals surface area contributed by atoms with E-state index in [9.17, 15) is 0 Å². The van der Waals surface area contributed by atoms with Gasteiger partial charge in [0, 0.05) is 29.3 Å². The quantitative estimate of drug-likeness (QED) is 0.788. The molecule has 0 fully saturated rings. The van der Waals surface area contributed by atoms with E-state index < -0.39 is 0 Å². The van der Waals surface area contributed by atoms with Crippen LogP contribution in [0, 0.1) is 6.92 Å². The van der Waals surface area contributed by atoms with Crippen LogP contribution in [0.4, 0.5) is 5.82 Å². The molecule has 4 heteroatoms. The van der Waals surface area contributed by atoms with Crippen molar-refractivity contribution in [1.82, 2.24) is 15.0 Å². The number of pyridine rings is 1. The van der Waals surface area contributed by atoms with Crippen molar-refractivity contribution in [1.29, 1.82) is 0 Å². The van der Waals surface area contributed by atoms with Gasteiger partial charge in [-0.3, -0.25) is 4.98 Å². The highest BCUT2D eigenvalue weighted by molar-refractivity contribution is 5.84. The number of hydrogen-bond acceptors (Lipinski definition) is 4. The molecule has 0 saturated carbocycles.